The largest absolute Gasteiger partial charge is 0.493 e. The smallest absolute Gasteiger partial charge is 0.296 e. The first-order chi connectivity index (χ1) is 9.53. The van der Waals surface area contributed by atoms with E-state index in [0.29, 0.717) is 23.8 Å². The highest BCUT2D eigenvalue weighted by Crippen LogP contribution is 2.37. The average Bonchev–Trinajstić information content (AvgIpc) is 2.44. The van der Waals surface area contributed by atoms with Crippen molar-refractivity contribution in [2.45, 2.75) is 19.4 Å². The van der Waals surface area contributed by atoms with E-state index in [1.807, 2.05) is 6.92 Å². The molecule has 0 spiro atoms. The molecule has 0 heterocycles. The Morgan fingerprint density at radius 2 is 1.85 bits per heavy atom. The molecule has 0 aliphatic carbocycles. The van der Waals surface area contributed by atoms with E-state index in [0.717, 1.165) is 6.42 Å². The second-order valence-corrected chi connectivity index (χ2v) is 4.31. The second-order valence-electron chi connectivity index (χ2n) is 4.31. The third kappa shape index (κ3) is 3.99. The third-order valence-electron chi connectivity index (χ3n) is 2.86. The maximum absolute atomic E-state index is 11.1. The maximum Gasteiger partial charge on any atom is 0.296 e. The molecule has 7 heteroatoms. The highest BCUT2D eigenvalue weighted by atomic mass is 16.6. The van der Waals surface area contributed by atoms with Crippen molar-refractivity contribution in [1.29, 1.82) is 0 Å². The van der Waals surface area contributed by atoms with E-state index >= 15 is 0 Å². The van der Waals surface area contributed by atoms with Crippen LogP contribution in [0.15, 0.2) is 12.1 Å². The molecule has 0 aliphatic rings. The zero-order valence-electron chi connectivity index (χ0n) is 12.1. The van der Waals surface area contributed by atoms with Crippen molar-refractivity contribution in [3.8, 4) is 11.5 Å². The lowest BCUT2D eigenvalue weighted by molar-refractivity contribution is -0.384. The summed E-state index contributed by atoms with van der Waals surface area (Å²) in [5.74, 6) is 0.772. The SMILES string of the molecule is COCCC(C)Nc1cc(OC)c(OC)cc1[N+](=O)[O-]. The van der Waals surface area contributed by atoms with Crippen molar-refractivity contribution in [3.05, 3.63) is 22.2 Å². The maximum atomic E-state index is 11.1. The number of ether oxygens (including phenoxy) is 3. The summed E-state index contributed by atoms with van der Waals surface area (Å²) in [7, 11) is 4.54. The van der Waals surface area contributed by atoms with E-state index < -0.39 is 4.92 Å². The van der Waals surface area contributed by atoms with Gasteiger partial charge in [0.15, 0.2) is 11.5 Å². The zero-order chi connectivity index (χ0) is 15.1. The first-order valence-corrected chi connectivity index (χ1v) is 6.19. The van der Waals surface area contributed by atoms with Gasteiger partial charge >= 0.3 is 0 Å². The van der Waals surface area contributed by atoms with Gasteiger partial charge in [0, 0.05) is 25.8 Å². The number of hydrogen-bond donors (Lipinski definition) is 1. The van der Waals surface area contributed by atoms with Crippen LogP contribution in [0.5, 0.6) is 11.5 Å². The van der Waals surface area contributed by atoms with Gasteiger partial charge in [-0.25, -0.2) is 0 Å². The summed E-state index contributed by atoms with van der Waals surface area (Å²) in [6, 6.07) is 2.96. The Balaban J connectivity index is 3.06. The van der Waals surface area contributed by atoms with Crippen molar-refractivity contribution in [2.75, 3.05) is 33.3 Å². The Labute approximate surface area is 118 Å². The molecule has 20 heavy (non-hydrogen) atoms. The van der Waals surface area contributed by atoms with E-state index in [2.05, 4.69) is 5.32 Å². The first-order valence-electron chi connectivity index (χ1n) is 6.19. The highest BCUT2D eigenvalue weighted by Gasteiger charge is 2.20. The van der Waals surface area contributed by atoms with Crippen molar-refractivity contribution in [3.63, 3.8) is 0 Å². The molecule has 0 amide bonds. The molecule has 112 valence electrons. The Morgan fingerprint density at radius 3 is 2.35 bits per heavy atom. The Morgan fingerprint density at radius 1 is 1.25 bits per heavy atom. The number of nitrogens with one attached hydrogen (secondary N) is 1. The number of nitrogens with zero attached hydrogens (tertiary/aromatic N) is 1. The van der Waals surface area contributed by atoms with Gasteiger partial charge in [-0.2, -0.15) is 0 Å². The molecule has 1 rings (SSSR count). The van der Waals surface area contributed by atoms with E-state index in [-0.39, 0.29) is 11.7 Å². The minimum atomic E-state index is -0.451. The number of benzene rings is 1. The van der Waals surface area contributed by atoms with E-state index in [4.69, 9.17) is 14.2 Å². The molecule has 1 N–H and O–H groups in total. The number of hydrogen-bond acceptors (Lipinski definition) is 6. The van der Waals surface area contributed by atoms with Crippen LogP contribution in [0.3, 0.4) is 0 Å². The van der Waals surface area contributed by atoms with Crippen LogP contribution < -0.4 is 14.8 Å². The van der Waals surface area contributed by atoms with Gasteiger partial charge in [-0.1, -0.05) is 0 Å². The van der Waals surface area contributed by atoms with E-state index in [1.165, 1.54) is 20.3 Å². The zero-order valence-corrected chi connectivity index (χ0v) is 12.1. The van der Waals surface area contributed by atoms with Crippen LogP contribution in [0.25, 0.3) is 0 Å². The van der Waals surface area contributed by atoms with Crippen LogP contribution in [0.1, 0.15) is 13.3 Å². The fourth-order valence-corrected chi connectivity index (χ4v) is 1.77. The van der Waals surface area contributed by atoms with Crippen LogP contribution in [-0.2, 0) is 4.74 Å². The molecule has 0 aromatic heterocycles. The number of anilines is 1. The molecule has 0 fully saturated rings. The van der Waals surface area contributed by atoms with Gasteiger partial charge in [0.25, 0.3) is 5.69 Å². The van der Waals surface area contributed by atoms with Crippen molar-refractivity contribution in [2.24, 2.45) is 0 Å². The Hall–Kier alpha value is -2.02. The molecule has 0 saturated heterocycles. The topological polar surface area (TPSA) is 82.9 Å². The van der Waals surface area contributed by atoms with Crippen molar-refractivity contribution >= 4 is 11.4 Å². The van der Waals surface area contributed by atoms with Gasteiger partial charge in [-0.3, -0.25) is 10.1 Å². The predicted octanol–water partition coefficient (Wildman–Crippen LogP) is 2.45. The Kier molecular flexibility index (Phi) is 6.05. The van der Waals surface area contributed by atoms with Gasteiger partial charge in [-0.15, -0.1) is 0 Å². The molecule has 1 aromatic rings. The summed E-state index contributed by atoms with van der Waals surface area (Å²) in [5.41, 5.74) is 0.350. The van der Waals surface area contributed by atoms with Gasteiger partial charge in [0.1, 0.15) is 5.69 Å². The van der Waals surface area contributed by atoms with Gasteiger partial charge in [0.2, 0.25) is 0 Å². The number of methoxy groups -OCH3 is 3. The molecule has 1 aromatic carbocycles. The fourth-order valence-electron chi connectivity index (χ4n) is 1.77. The molecular weight excluding hydrogens is 264 g/mol. The molecule has 7 nitrogen and oxygen atoms in total. The van der Waals surface area contributed by atoms with Gasteiger partial charge < -0.3 is 19.5 Å². The van der Waals surface area contributed by atoms with Crippen LogP contribution >= 0.6 is 0 Å². The molecular formula is C13H20N2O5. The summed E-state index contributed by atoms with van der Waals surface area (Å²) in [5, 5.41) is 14.2. The molecule has 0 bridgehead atoms. The summed E-state index contributed by atoms with van der Waals surface area (Å²) >= 11 is 0. The van der Waals surface area contributed by atoms with Crippen LogP contribution in [0.4, 0.5) is 11.4 Å². The van der Waals surface area contributed by atoms with Gasteiger partial charge in [0.05, 0.1) is 25.2 Å². The molecule has 0 aliphatic heterocycles. The minimum absolute atomic E-state index is 0.0340. The van der Waals surface area contributed by atoms with Crippen molar-refractivity contribution in [1.82, 2.24) is 0 Å². The minimum Gasteiger partial charge on any atom is -0.493 e. The summed E-state index contributed by atoms with van der Waals surface area (Å²) < 4.78 is 15.2. The van der Waals surface area contributed by atoms with Crippen LogP contribution in [-0.4, -0.2) is 38.9 Å². The average molecular weight is 284 g/mol. The van der Waals surface area contributed by atoms with Crippen LogP contribution in [0.2, 0.25) is 0 Å². The third-order valence-corrected chi connectivity index (χ3v) is 2.86. The van der Waals surface area contributed by atoms with Gasteiger partial charge in [-0.05, 0) is 13.3 Å². The number of rotatable bonds is 8. The summed E-state index contributed by atoms with van der Waals surface area (Å²) in [4.78, 5) is 10.7. The molecule has 1 atom stereocenters. The standard InChI is InChI=1S/C13H20N2O5/c1-9(5-6-18-2)14-10-7-12(19-3)13(20-4)8-11(10)15(16)17/h7-9,14H,5-6H2,1-4H3. The monoisotopic (exact) mass is 284 g/mol. The lowest BCUT2D eigenvalue weighted by atomic mass is 10.2. The normalized spacial score (nSPS) is 11.8. The Bertz CT molecular complexity index is 464. The summed E-state index contributed by atoms with van der Waals surface area (Å²) in [6.45, 7) is 2.51. The highest BCUT2D eigenvalue weighted by molar-refractivity contribution is 5.68. The first kappa shape index (κ1) is 16.0. The number of nitro groups is 1. The van der Waals surface area contributed by atoms with E-state index in [9.17, 15) is 10.1 Å². The van der Waals surface area contributed by atoms with Crippen molar-refractivity contribution < 1.29 is 19.1 Å². The molecule has 0 radical (unpaired) electrons. The lowest BCUT2D eigenvalue weighted by Gasteiger charge is -2.16. The molecule has 0 saturated carbocycles. The summed E-state index contributed by atoms with van der Waals surface area (Å²) in [6.07, 6.45) is 0.738. The lowest BCUT2D eigenvalue weighted by Crippen LogP contribution is -2.18. The van der Waals surface area contributed by atoms with Crippen LogP contribution in [0, 0.1) is 10.1 Å². The fraction of sp³-hybridized carbons (Fsp3) is 0.538. The quantitative estimate of drug-likeness (QED) is 0.583. The second kappa shape index (κ2) is 7.54. The number of nitro benzene ring substituents is 1. The molecule has 1 unspecified atom stereocenters. The predicted molar refractivity (Wildman–Crippen MR) is 75.8 cm³/mol. The van der Waals surface area contributed by atoms with E-state index in [1.54, 1.807) is 13.2 Å².